The Balaban J connectivity index is 0.000000198. The van der Waals surface area contributed by atoms with Crippen LogP contribution in [-0.4, -0.2) is 46.8 Å². The molecule has 0 aliphatic carbocycles. The highest BCUT2D eigenvalue weighted by atomic mass is 16.5. The van der Waals surface area contributed by atoms with Crippen molar-refractivity contribution in [2.24, 2.45) is 10.8 Å². The minimum absolute atomic E-state index is 0.300. The zero-order valence-corrected chi connectivity index (χ0v) is 15.4. The van der Waals surface area contributed by atoms with E-state index >= 15 is 0 Å². The van der Waals surface area contributed by atoms with E-state index in [1.807, 2.05) is 18.2 Å². The van der Waals surface area contributed by atoms with E-state index in [0.717, 1.165) is 46.1 Å². The van der Waals surface area contributed by atoms with E-state index in [9.17, 15) is 0 Å². The van der Waals surface area contributed by atoms with Crippen LogP contribution in [0.15, 0.2) is 30.3 Å². The molecule has 2 aliphatic heterocycles. The zero-order valence-electron chi connectivity index (χ0n) is 15.4. The van der Waals surface area contributed by atoms with E-state index in [4.69, 9.17) is 18.9 Å². The number of methoxy groups -OCH3 is 1. The van der Waals surface area contributed by atoms with Gasteiger partial charge in [0.05, 0.1) is 46.2 Å². The van der Waals surface area contributed by atoms with Gasteiger partial charge < -0.3 is 18.9 Å². The van der Waals surface area contributed by atoms with E-state index in [0.29, 0.717) is 17.4 Å². The van der Waals surface area contributed by atoms with E-state index in [1.54, 1.807) is 7.11 Å². The summed E-state index contributed by atoms with van der Waals surface area (Å²) >= 11 is 0. The van der Waals surface area contributed by atoms with Crippen LogP contribution < -0.4 is 0 Å². The maximum Gasteiger partial charge on any atom is 0.0717 e. The van der Waals surface area contributed by atoms with Gasteiger partial charge in [-0.25, -0.2) is 0 Å². The molecule has 24 heavy (non-hydrogen) atoms. The van der Waals surface area contributed by atoms with Crippen LogP contribution in [0.5, 0.6) is 0 Å². The molecule has 2 fully saturated rings. The smallest absolute Gasteiger partial charge is 0.0717 e. The highest BCUT2D eigenvalue weighted by Gasteiger charge is 2.37. The lowest BCUT2D eigenvalue weighted by atomic mass is 9.84. The maximum atomic E-state index is 5.74. The fourth-order valence-electron chi connectivity index (χ4n) is 2.83. The Kier molecular flexibility index (Phi) is 7.69. The molecule has 3 rings (SSSR count). The van der Waals surface area contributed by atoms with E-state index in [2.05, 4.69) is 26.0 Å². The minimum atomic E-state index is 0.300. The molecule has 4 heteroatoms. The average Bonchev–Trinajstić information content (AvgIpc) is 2.55. The van der Waals surface area contributed by atoms with Gasteiger partial charge in [-0.2, -0.15) is 0 Å². The van der Waals surface area contributed by atoms with Crippen LogP contribution in [0.3, 0.4) is 0 Å². The predicted octanol–water partition coefficient (Wildman–Crippen LogP) is 3.69. The third-order valence-corrected chi connectivity index (χ3v) is 5.10. The molecule has 0 atom stereocenters. The number of ether oxygens (including phenoxy) is 4. The Morgan fingerprint density at radius 2 is 1.42 bits per heavy atom. The first-order valence-corrected chi connectivity index (χ1v) is 8.94. The summed E-state index contributed by atoms with van der Waals surface area (Å²) in [6.45, 7) is 10.3. The van der Waals surface area contributed by atoms with Gasteiger partial charge in [-0.3, -0.25) is 0 Å². The molecule has 0 aromatic heterocycles. The van der Waals surface area contributed by atoms with Gasteiger partial charge in [-0.15, -0.1) is 0 Å². The Hall–Kier alpha value is -0.940. The number of hydrogen-bond acceptors (Lipinski definition) is 4. The number of hydrogen-bond donors (Lipinski definition) is 0. The van der Waals surface area contributed by atoms with Crippen molar-refractivity contribution >= 4 is 0 Å². The highest BCUT2D eigenvalue weighted by Crippen LogP contribution is 2.32. The van der Waals surface area contributed by atoms with Gasteiger partial charge in [0.25, 0.3) is 0 Å². The summed E-state index contributed by atoms with van der Waals surface area (Å²) in [6.07, 6.45) is 2.31. The SMILES string of the molecule is CCC1(COC)COC1.CCC1(COCc2ccccc2)COC1. The highest BCUT2D eigenvalue weighted by molar-refractivity contribution is 5.13. The molecule has 2 saturated heterocycles. The van der Waals surface area contributed by atoms with Crippen molar-refractivity contribution in [1.82, 2.24) is 0 Å². The van der Waals surface area contributed by atoms with Gasteiger partial charge in [0.1, 0.15) is 0 Å². The molecule has 1 aromatic carbocycles. The summed E-state index contributed by atoms with van der Waals surface area (Å²) < 4.78 is 21.2. The van der Waals surface area contributed by atoms with Crippen molar-refractivity contribution in [2.75, 3.05) is 46.8 Å². The predicted molar refractivity (Wildman–Crippen MR) is 95.1 cm³/mol. The minimum Gasteiger partial charge on any atom is -0.384 e. The van der Waals surface area contributed by atoms with Gasteiger partial charge in [-0.1, -0.05) is 44.2 Å². The summed E-state index contributed by atoms with van der Waals surface area (Å²) in [4.78, 5) is 0. The molecule has 1 aromatic rings. The lowest BCUT2D eigenvalue weighted by Crippen LogP contribution is -2.45. The molecule has 0 amide bonds. The second-order valence-corrected chi connectivity index (χ2v) is 7.10. The molecule has 0 spiro atoms. The monoisotopic (exact) mass is 336 g/mol. The van der Waals surface area contributed by atoms with Crippen molar-refractivity contribution in [2.45, 2.75) is 33.3 Å². The molecule has 0 unspecified atom stereocenters. The molecule has 2 heterocycles. The maximum absolute atomic E-state index is 5.74. The van der Waals surface area contributed by atoms with Gasteiger partial charge in [0.15, 0.2) is 0 Å². The van der Waals surface area contributed by atoms with Crippen molar-refractivity contribution in [3.8, 4) is 0 Å². The summed E-state index contributed by atoms with van der Waals surface area (Å²) in [5, 5.41) is 0. The standard InChI is InChI=1S/C13H18O2.C7H14O2/c1-2-13(10-15-11-13)9-14-8-12-6-4-3-5-7-12;1-3-7(4-8-2)5-9-6-7/h3-7H,2,8-11H2,1H3;3-6H2,1-2H3. The fourth-order valence-corrected chi connectivity index (χ4v) is 2.83. The Morgan fingerprint density at radius 1 is 0.875 bits per heavy atom. The quantitative estimate of drug-likeness (QED) is 0.725. The van der Waals surface area contributed by atoms with Gasteiger partial charge >= 0.3 is 0 Å². The molecular formula is C20H32O4. The summed E-state index contributed by atoms with van der Waals surface area (Å²) in [6, 6.07) is 10.3. The van der Waals surface area contributed by atoms with Crippen LogP contribution in [0.25, 0.3) is 0 Å². The lowest BCUT2D eigenvalue weighted by molar-refractivity contribution is -0.152. The number of benzene rings is 1. The van der Waals surface area contributed by atoms with Crippen molar-refractivity contribution in [1.29, 1.82) is 0 Å². The van der Waals surface area contributed by atoms with Crippen molar-refractivity contribution < 1.29 is 18.9 Å². The van der Waals surface area contributed by atoms with Gasteiger partial charge in [-0.05, 0) is 18.4 Å². The zero-order chi connectivity index (χ0) is 17.3. The molecule has 0 saturated carbocycles. The lowest BCUT2D eigenvalue weighted by Gasteiger charge is -2.40. The molecule has 2 aliphatic rings. The summed E-state index contributed by atoms with van der Waals surface area (Å²) in [5.74, 6) is 0. The third-order valence-electron chi connectivity index (χ3n) is 5.10. The largest absolute Gasteiger partial charge is 0.384 e. The van der Waals surface area contributed by atoms with E-state index in [-0.39, 0.29) is 0 Å². The Morgan fingerprint density at radius 3 is 1.79 bits per heavy atom. The topological polar surface area (TPSA) is 36.9 Å². The summed E-state index contributed by atoms with van der Waals surface area (Å²) in [7, 11) is 1.75. The van der Waals surface area contributed by atoms with Crippen LogP contribution in [0.4, 0.5) is 0 Å². The van der Waals surface area contributed by atoms with Crippen LogP contribution in [0.2, 0.25) is 0 Å². The first-order chi connectivity index (χ1) is 11.7. The normalized spacial score (nSPS) is 20.3. The van der Waals surface area contributed by atoms with Crippen LogP contribution in [0, 0.1) is 10.8 Å². The van der Waals surface area contributed by atoms with Gasteiger partial charge in [0, 0.05) is 17.9 Å². The van der Waals surface area contributed by atoms with Crippen LogP contribution in [-0.2, 0) is 25.6 Å². The fraction of sp³-hybridized carbons (Fsp3) is 0.700. The molecule has 4 nitrogen and oxygen atoms in total. The number of rotatable bonds is 8. The Labute approximate surface area is 146 Å². The second kappa shape index (κ2) is 9.52. The molecule has 0 radical (unpaired) electrons. The van der Waals surface area contributed by atoms with Crippen LogP contribution in [0.1, 0.15) is 32.3 Å². The van der Waals surface area contributed by atoms with Crippen LogP contribution >= 0.6 is 0 Å². The first-order valence-electron chi connectivity index (χ1n) is 8.94. The molecular weight excluding hydrogens is 304 g/mol. The summed E-state index contributed by atoms with van der Waals surface area (Å²) in [5.41, 5.74) is 1.91. The first kappa shape index (κ1) is 19.4. The second-order valence-electron chi connectivity index (χ2n) is 7.10. The molecule has 0 bridgehead atoms. The molecule has 0 N–H and O–H groups in total. The van der Waals surface area contributed by atoms with E-state index < -0.39 is 0 Å². The van der Waals surface area contributed by atoms with Crippen molar-refractivity contribution in [3.63, 3.8) is 0 Å². The third kappa shape index (κ3) is 5.28. The van der Waals surface area contributed by atoms with E-state index in [1.165, 1.54) is 12.0 Å². The average molecular weight is 336 g/mol. The van der Waals surface area contributed by atoms with Crippen molar-refractivity contribution in [3.05, 3.63) is 35.9 Å². The molecule has 136 valence electrons. The Bertz CT molecular complexity index is 441. The van der Waals surface area contributed by atoms with Gasteiger partial charge in [0.2, 0.25) is 0 Å².